The van der Waals surface area contributed by atoms with Crippen LogP contribution in [0.4, 0.5) is 17.1 Å². The molecule has 0 saturated carbocycles. The highest BCUT2D eigenvalue weighted by Crippen LogP contribution is 2.42. The fourth-order valence-electron chi connectivity index (χ4n) is 2.75. The fraction of sp³-hybridized carbons (Fsp3) is 0.0952. The Kier molecular flexibility index (Phi) is 7.06. The van der Waals surface area contributed by atoms with E-state index in [4.69, 9.17) is 21.1 Å². The molecule has 0 heterocycles. The van der Waals surface area contributed by atoms with Gasteiger partial charge in [-0.1, -0.05) is 17.7 Å². The molecule has 0 atom stereocenters. The van der Waals surface area contributed by atoms with Gasteiger partial charge in [0.05, 0.1) is 33.2 Å². The third kappa shape index (κ3) is 5.04. The zero-order valence-corrected chi connectivity index (χ0v) is 19.1. The molecule has 0 aliphatic heterocycles. The van der Waals surface area contributed by atoms with Crippen molar-refractivity contribution in [2.24, 2.45) is 4.99 Å². The summed E-state index contributed by atoms with van der Waals surface area (Å²) in [4.78, 5) is 25.3. The monoisotopic (exact) mass is 519 g/mol. The first-order valence-corrected chi connectivity index (χ1v) is 10.2. The van der Waals surface area contributed by atoms with E-state index in [0.717, 1.165) is 17.7 Å². The molecule has 3 aromatic rings. The number of nitro benzene ring substituents is 2. The van der Waals surface area contributed by atoms with Gasteiger partial charge in [-0.2, -0.15) is 0 Å². The van der Waals surface area contributed by atoms with Gasteiger partial charge in [0.1, 0.15) is 0 Å². The first kappa shape index (κ1) is 23.2. The Balaban J connectivity index is 1.97. The van der Waals surface area contributed by atoms with E-state index >= 15 is 0 Å². The van der Waals surface area contributed by atoms with Gasteiger partial charge < -0.3 is 9.47 Å². The Morgan fingerprint density at radius 3 is 2.47 bits per heavy atom. The number of hydrogen-bond acceptors (Lipinski definition) is 7. The normalized spacial score (nSPS) is 10.9. The van der Waals surface area contributed by atoms with E-state index < -0.39 is 21.2 Å². The van der Waals surface area contributed by atoms with E-state index in [1.165, 1.54) is 13.2 Å². The van der Waals surface area contributed by atoms with E-state index in [2.05, 4.69) is 20.9 Å². The van der Waals surface area contributed by atoms with E-state index in [9.17, 15) is 20.2 Å². The van der Waals surface area contributed by atoms with Crippen molar-refractivity contribution in [1.29, 1.82) is 0 Å². The minimum atomic E-state index is -0.753. The van der Waals surface area contributed by atoms with Crippen LogP contribution in [0.5, 0.6) is 17.2 Å². The van der Waals surface area contributed by atoms with Crippen molar-refractivity contribution in [3.05, 3.63) is 89.4 Å². The largest absolute Gasteiger partial charge is 0.493 e. The topological polar surface area (TPSA) is 117 Å². The Morgan fingerprint density at radius 1 is 1.06 bits per heavy atom. The third-order valence-electron chi connectivity index (χ3n) is 4.41. The summed E-state index contributed by atoms with van der Waals surface area (Å²) < 4.78 is 11.5. The standard InChI is InChI=1S/C21H15BrClN3O6/c1-12-16(23)4-3-5-17(12)24-11-13-8-15(22)21(20(9-13)31-2)32-19-7-6-14(25(27)28)10-18(19)26(29)30/h3-11H,1-2H3. The smallest absolute Gasteiger partial charge is 0.318 e. The van der Waals surface area contributed by atoms with Crippen molar-refractivity contribution < 1.29 is 19.3 Å². The summed E-state index contributed by atoms with van der Waals surface area (Å²) in [5.41, 5.74) is 1.24. The number of nitrogens with zero attached hydrogens (tertiary/aromatic N) is 3. The van der Waals surface area contributed by atoms with Gasteiger partial charge in [0.15, 0.2) is 11.5 Å². The van der Waals surface area contributed by atoms with Crippen molar-refractivity contribution in [2.75, 3.05) is 7.11 Å². The van der Waals surface area contributed by atoms with Crippen LogP contribution in [0.3, 0.4) is 0 Å². The van der Waals surface area contributed by atoms with Crippen molar-refractivity contribution in [2.45, 2.75) is 6.92 Å². The molecule has 0 amide bonds. The summed E-state index contributed by atoms with van der Waals surface area (Å²) in [6.07, 6.45) is 1.62. The van der Waals surface area contributed by atoms with Crippen molar-refractivity contribution in [3.8, 4) is 17.2 Å². The molecule has 0 unspecified atom stereocenters. The average Bonchev–Trinajstić information content (AvgIpc) is 2.76. The number of methoxy groups -OCH3 is 1. The molecule has 0 aliphatic rings. The van der Waals surface area contributed by atoms with Crippen LogP contribution in [0.1, 0.15) is 11.1 Å². The zero-order chi connectivity index (χ0) is 23.4. The molecular weight excluding hydrogens is 506 g/mol. The van der Waals surface area contributed by atoms with Gasteiger partial charge in [0.2, 0.25) is 5.75 Å². The average molecular weight is 521 g/mol. The summed E-state index contributed by atoms with van der Waals surface area (Å²) in [5.74, 6) is 0.271. The van der Waals surface area contributed by atoms with Gasteiger partial charge in [-0.15, -0.1) is 0 Å². The summed E-state index contributed by atoms with van der Waals surface area (Å²) >= 11 is 9.51. The van der Waals surface area contributed by atoms with E-state index in [0.29, 0.717) is 20.7 Å². The fourth-order valence-corrected chi connectivity index (χ4v) is 3.46. The lowest BCUT2D eigenvalue weighted by molar-refractivity contribution is -0.394. The maximum atomic E-state index is 11.4. The molecule has 3 aromatic carbocycles. The van der Waals surface area contributed by atoms with Crippen LogP contribution >= 0.6 is 27.5 Å². The van der Waals surface area contributed by atoms with Gasteiger partial charge in [-0.05, 0) is 64.3 Å². The summed E-state index contributed by atoms with van der Waals surface area (Å²) in [7, 11) is 1.42. The number of non-ortho nitro benzene ring substituents is 1. The SMILES string of the molecule is COc1cc(C=Nc2cccc(Cl)c2C)cc(Br)c1Oc1ccc([N+](=O)[O-])cc1[N+](=O)[O-]. The Labute approximate surface area is 195 Å². The molecular formula is C21H15BrClN3O6. The first-order chi connectivity index (χ1) is 15.2. The van der Waals surface area contributed by atoms with Crippen LogP contribution in [0.15, 0.2) is 58.0 Å². The molecule has 0 fully saturated rings. The Hall–Kier alpha value is -3.50. The highest BCUT2D eigenvalue weighted by atomic mass is 79.9. The minimum Gasteiger partial charge on any atom is -0.493 e. The van der Waals surface area contributed by atoms with Gasteiger partial charge in [0.25, 0.3) is 5.69 Å². The molecule has 0 aromatic heterocycles. The summed E-state index contributed by atoms with van der Waals surface area (Å²) in [6, 6.07) is 11.9. The number of ether oxygens (including phenoxy) is 2. The molecule has 0 N–H and O–H groups in total. The lowest BCUT2D eigenvalue weighted by Crippen LogP contribution is -1.98. The van der Waals surface area contributed by atoms with Crippen LogP contribution in [-0.2, 0) is 0 Å². The molecule has 32 heavy (non-hydrogen) atoms. The molecule has 0 radical (unpaired) electrons. The van der Waals surface area contributed by atoms with Crippen LogP contribution < -0.4 is 9.47 Å². The second-order valence-corrected chi connectivity index (χ2v) is 7.71. The predicted octanol–water partition coefficient (Wildman–Crippen LogP) is 6.78. The zero-order valence-electron chi connectivity index (χ0n) is 16.7. The molecule has 0 spiro atoms. The highest BCUT2D eigenvalue weighted by Gasteiger charge is 2.23. The lowest BCUT2D eigenvalue weighted by Gasteiger charge is -2.13. The number of halogens is 2. The molecule has 164 valence electrons. The molecule has 11 heteroatoms. The summed E-state index contributed by atoms with van der Waals surface area (Å²) in [5, 5.41) is 22.9. The number of rotatable bonds is 7. The van der Waals surface area contributed by atoms with E-state index in [-0.39, 0.29) is 17.2 Å². The number of benzene rings is 3. The van der Waals surface area contributed by atoms with Crippen LogP contribution in [-0.4, -0.2) is 23.2 Å². The maximum Gasteiger partial charge on any atom is 0.318 e. The van der Waals surface area contributed by atoms with Gasteiger partial charge in [0, 0.05) is 17.3 Å². The second-order valence-electron chi connectivity index (χ2n) is 6.44. The number of nitro groups is 2. The Morgan fingerprint density at radius 2 is 1.81 bits per heavy atom. The highest BCUT2D eigenvalue weighted by molar-refractivity contribution is 9.10. The van der Waals surface area contributed by atoms with E-state index in [1.807, 2.05) is 13.0 Å². The van der Waals surface area contributed by atoms with Crippen molar-refractivity contribution in [3.63, 3.8) is 0 Å². The molecule has 9 nitrogen and oxygen atoms in total. The van der Waals surface area contributed by atoms with Crippen LogP contribution in [0, 0.1) is 27.2 Å². The maximum absolute atomic E-state index is 11.4. The molecule has 0 bridgehead atoms. The number of aliphatic imine (C=N–C) groups is 1. The van der Waals surface area contributed by atoms with Crippen LogP contribution in [0.25, 0.3) is 0 Å². The van der Waals surface area contributed by atoms with Crippen molar-refractivity contribution in [1.82, 2.24) is 0 Å². The van der Waals surface area contributed by atoms with Crippen molar-refractivity contribution >= 4 is 50.8 Å². The minimum absolute atomic E-state index is 0.167. The molecule has 0 aliphatic carbocycles. The van der Waals surface area contributed by atoms with Gasteiger partial charge >= 0.3 is 5.69 Å². The van der Waals surface area contributed by atoms with Crippen LogP contribution in [0.2, 0.25) is 5.02 Å². The van der Waals surface area contributed by atoms with Gasteiger partial charge in [-0.25, -0.2) is 0 Å². The third-order valence-corrected chi connectivity index (χ3v) is 5.40. The summed E-state index contributed by atoms with van der Waals surface area (Å²) in [6.45, 7) is 1.86. The lowest BCUT2D eigenvalue weighted by atomic mass is 10.2. The van der Waals surface area contributed by atoms with E-state index in [1.54, 1.807) is 30.5 Å². The first-order valence-electron chi connectivity index (χ1n) is 8.98. The predicted molar refractivity (Wildman–Crippen MR) is 124 cm³/mol. The number of hydrogen-bond donors (Lipinski definition) is 0. The Bertz CT molecular complexity index is 1250. The second kappa shape index (κ2) is 9.75. The molecule has 0 saturated heterocycles. The quantitative estimate of drug-likeness (QED) is 0.192. The van der Waals surface area contributed by atoms with Gasteiger partial charge in [-0.3, -0.25) is 25.2 Å². The molecule has 3 rings (SSSR count).